The highest BCUT2D eigenvalue weighted by atomic mass is 16.6. The van der Waals surface area contributed by atoms with Gasteiger partial charge in [0.2, 0.25) is 5.91 Å². The fraction of sp³-hybridized carbons (Fsp3) is 0.857. The number of amides is 3. The molecule has 0 radical (unpaired) electrons. The highest BCUT2D eigenvalue weighted by molar-refractivity contribution is 6.02. The van der Waals surface area contributed by atoms with Gasteiger partial charge in [-0.1, -0.05) is 13.3 Å². The van der Waals surface area contributed by atoms with Crippen LogP contribution in [0.4, 0.5) is 4.79 Å². The summed E-state index contributed by atoms with van der Waals surface area (Å²) in [5.41, 5.74) is 0. The van der Waals surface area contributed by atoms with Crippen LogP contribution in [0.2, 0.25) is 0 Å². The van der Waals surface area contributed by atoms with Crippen molar-refractivity contribution in [2.45, 2.75) is 50.9 Å². The van der Waals surface area contributed by atoms with Crippen molar-refractivity contribution in [1.29, 1.82) is 0 Å². The summed E-state index contributed by atoms with van der Waals surface area (Å²) in [7, 11) is 0. The minimum Gasteiger partial charge on any atom is -0.373 e. The van der Waals surface area contributed by atoms with Crippen LogP contribution in [-0.2, 0) is 14.3 Å². The quantitative estimate of drug-likeness (QED) is 0.530. The van der Waals surface area contributed by atoms with E-state index in [1.54, 1.807) is 4.90 Å². The number of hydrogen-bond acceptors (Lipinski definition) is 4. The molecule has 112 valence electrons. The molecule has 20 heavy (non-hydrogen) atoms. The van der Waals surface area contributed by atoms with Crippen LogP contribution in [0.5, 0.6) is 0 Å². The number of epoxide rings is 2. The predicted octanol–water partition coefficient (Wildman–Crippen LogP) is 0.901. The number of hydrogen-bond donors (Lipinski definition) is 1. The van der Waals surface area contributed by atoms with Gasteiger partial charge in [0, 0.05) is 6.04 Å². The second-order valence-electron chi connectivity index (χ2n) is 6.03. The maximum atomic E-state index is 11.9. The molecule has 3 amide bonds. The Morgan fingerprint density at radius 3 is 2.40 bits per heavy atom. The summed E-state index contributed by atoms with van der Waals surface area (Å²) in [5.74, 6) is 0.338. The third-order valence-electron chi connectivity index (χ3n) is 4.38. The average molecular weight is 282 g/mol. The van der Waals surface area contributed by atoms with Gasteiger partial charge in [-0.15, -0.1) is 0 Å². The van der Waals surface area contributed by atoms with E-state index in [2.05, 4.69) is 12.2 Å². The van der Waals surface area contributed by atoms with E-state index < -0.39 is 0 Å². The van der Waals surface area contributed by atoms with Gasteiger partial charge in [-0.25, -0.2) is 4.79 Å². The van der Waals surface area contributed by atoms with Crippen molar-refractivity contribution in [1.82, 2.24) is 10.2 Å². The van der Waals surface area contributed by atoms with Gasteiger partial charge in [0.05, 0.1) is 25.4 Å². The van der Waals surface area contributed by atoms with Crippen LogP contribution in [-0.4, -0.2) is 54.8 Å². The zero-order valence-corrected chi connectivity index (χ0v) is 11.8. The van der Waals surface area contributed by atoms with Gasteiger partial charge in [0.15, 0.2) is 0 Å². The van der Waals surface area contributed by atoms with Crippen LogP contribution < -0.4 is 5.32 Å². The lowest BCUT2D eigenvalue weighted by Gasteiger charge is -2.29. The SMILES string of the molecule is CCC(CC1CO1)CC(CC1CO1)N1CC(=O)NC1=O. The molecule has 3 rings (SSSR count). The Morgan fingerprint density at radius 1 is 1.25 bits per heavy atom. The lowest BCUT2D eigenvalue weighted by Crippen LogP contribution is -2.40. The molecule has 4 atom stereocenters. The van der Waals surface area contributed by atoms with Gasteiger partial charge < -0.3 is 14.4 Å². The molecule has 3 heterocycles. The Morgan fingerprint density at radius 2 is 1.90 bits per heavy atom. The fourth-order valence-corrected chi connectivity index (χ4v) is 3.00. The summed E-state index contributed by atoms with van der Waals surface area (Å²) >= 11 is 0. The van der Waals surface area contributed by atoms with Crippen molar-refractivity contribution in [3.63, 3.8) is 0 Å². The first-order valence-electron chi connectivity index (χ1n) is 7.49. The van der Waals surface area contributed by atoms with Gasteiger partial charge in [0.1, 0.15) is 6.54 Å². The molecule has 3 saturated heterocycles. The first-order chi connectivity index (χ1) is 9.65. The minimum absolute atomic E-state index is 0.0950. The Labute approximate surface area is 118 Å². The van der Waals surface area contributed by atoms with E-state index in [9.17, 15) is 9.59 Å². The molecule has 3 aliphatic rings. The highest BCUT2D eigenvalue weighted by Gasteiger charge is 2.38. The van der Waals surface area contributed by atoms with Crippen molar-refractivity contribution in [3.05, 3.63) is 0 Å². The lowest BCUT2D eigenvalue weighted by atomic mass is 9.90. The van der Waals surface area contributed by atoms with E-state index in [4.69, 9.17) is 9.47 Å². The summed E-state index contributed by atoms with van der Waals surface area (Å²) < 4.78 is 10.6. The monoisotopic (exact) mass is 282 g/mol. The molecule has 3 aliphatic heterocycles. The van der Waals surface area contributed by atoms with Crippen LogP contribution in [0.25, 0.3) is 0 Å². The van der Waals surface area contributed by atoms with Crippen molar-refractivity contribution < 1.29 is 19.1 Å². The summed E-state index contributed by atoms with van der Waals surface area (Å²) in [6, 6.07) is -0.157. The number of nitrogens with one attached hydrogen (secondary N) is 1. The summed E-state index contributed by atoms with van der Waals surface area (Å²) in [5, 5.41) is 2.37. The Balaban J connectivity index is 1.61. The first-order valence-corrected chi connectivity index (χ1v) is 7.49. The maximum Gasteiger partial charge on any atom is 0.324 e. The van der Waals surface area contributed by atoms with Gasteiger partial charge in [0.25, 0.3) is 0 Å². The molecular weight excluding hydrogens is 260 g/mol. The molecule has 0 aliphatic carbocycles. The second kappa shape index (κ2) is 5.69. The van der Waals surface area contributed by atoms with Gasteiger partial charge >= 0.3 is 6.03 Å². The summed E-state index contributed by atoms with van der Waals surface area (Å²) in [6.45, 7) is 4.01. The Kier molecular flexibility index (Phi) is 3.94. The molecule has 6 heteroatoms. The van der Waals surface area contributed by atoms with Crippen LogP contribution in [0.3, 0.4) is 0 Å². The van der Waals surface area contributed by atoms with Gasteiger partial charge in [-0.05, 0) is 25.2 Å². The smallest absolute Gasteiger partial charge is 0.324 e. The van der Waals surface area contributed by atoms with Crippen molar-refractivity contribution in [2.24, 2.45) is 5.92 Å². The third-order valence-corrected chi connectivity index (χ3v) is 4.38. The average Bonchev–Trinajstić information content (AvgIpc) is 3.30. The molecule has 4 unspecified atom stereocenters. The molecule has 6 nitrogen and oxygen atoms in total. The maximum absolute atomic E-state index is 11.9. The lowest BCUT2D eigenvalue weighted by molar-refractivity contribution is -0.118. The molecule has 1 N–H and O–H groups in total. The summed E-state index contributed by atoms with van der Waals surface area (Å²) in [4.78, 5) is 24.9. The van der Waals surface area contributed by atoms with Crippen LogP contribution >= 0.6 is 0 Å². The first kappa shape index (κ1) is 13.8. The normalized spacial score (nSPS) is 31.1. The fourth-order valence-electron chi connectivity index (χ4n) is 3.00. The molecule has 0 bridgehead atoms. The molecule has 0 aromatic heterocycles. The van der Waals surface area contributed by atoms with E-state index in [1.165, 1.54) is 0 Å². The van der Waals surface area contributed by atoms with Gasteiger partial charge in [-0.2, -0.15) is 0 Å². The van der Waals surface area contributed by atoms with Crippen LogP contribution in [0.15, 0.2) is 0 Å². The van der Waals surface area contributed by atoms with E-state index in [0.29, 0.717) is 12.0 Å². The van der Waals surface area contributed by atoms with E-state index >= 15 is 0 Å². The zero-order valence-electron chi connectivity index (χ0n) is 11.8. The molecule has 3 fully saturated rings. The molecule has 0 aromatic rings. The molecular formula is C14H22N2O4. The number of nitrogens with zero attached hydrogens (tertiary/aromatic N) is 1. The number of imide groups is 1. The Hall–Kier alpha value is -1.14. The standard InChI is InChI=1S/C14H22N2O4/c1-2-9(4-11-7-19-11)3-10(5-12-8-20-12)16-6-13(17)15-14(16)18/h9-12H,2-8H2,1H3,(H,15,17,18). The topological polar surface area (TPSA) is 74.5 Å². The van der Waals surface area contributed by atoms with E-state index in [0.717, 1.165) is 38.9 Å². The van der Waals surface area contributed by atoms with Crippen molar-refractivity contribution in [3.8, 4) is 0 Å². The molecule has 0 saturated carbocycles. The number of ether oxygens (including phenoxy) is 2. The Bertz CT molecular complexity index is 393. The van der Waals surface area contributed by atoms with Crippen LogP contribution in [0.1, 0.15) is 32.6 Å². The van der Waals surface area contributed by atoms with Crippen molar-refractivity contribution >= 4 is 11.9 Å². The third kappa shape index (κ3) is 3.49. The second-order valence-corrected chi connectivity index (χ2v) is 6.03. The van der Waals surface area contributed by atoms with E-state index in [-0.39, 0.29) is 30.6 Å². The van der Waals surface area contributed by atoms with Crippen molar-refractivity contribution in [2.75, 3.05) is 19.8 Å². The minimum atomic E-state index is -0.252. The highest BCUT2D eigenvalue weighted by Crippen LogP contribution is 2.30. The summed E-state index contributed by atoms with van der Waals surface area (Å²) in [6.07, 6.45) is 4.57. The molecule has 0 aromatic carbocycles. The number of urea groups is 1. The predicted molar refractivity (Wildman–Crippen MR) is 71.1 cm³/mol. The number of rotatable bonds is 8. The zero-order chi connectivity index (χ0) is 14.1. The van der Waals surface area contributed by atoms with Crippen LogP contribution in [0, 0.1) is 5.92 Å². The number of carbonyl (C=O) groups is 2. The van der Waals surface area contributed by atoms with E-state index in [1.807, 2.05) is 0 Å². The number of carbonyl (C=O) groups excluding carboxylic acids is 2. The molecule has 0 spiro atoms. The largest absolute Gasteiger partial charge is 0.373 e. The van der Waals surface area contributed by atoms with Gasteiger partial charge in [-0.3, -0.25) is 10.1 Å².